The summed E-state index contributed by atoms with van der Waals surface area (Å²) in [6.07, 6.45) is 0.602. The molecule has 0 aliphatic heterocycles. The van der Waals surface area contributed by atoms with Crippen LogP contribution in [0.2, 0.25) is 0 Å². The topological polar surface area (TPSA) is 59.4 Å². The fraction of sp³-hybridized carbons (Fsp3) is 0.231. The standard InChI is InChI=1S/C13H10F3NO3/c1-2-3-20-12-7(13(18)19)4-6-9(17-12)5-8(14)11(16)10(6)15/h4-5H,2-3H2,1H3,(H,18,19). The number of hydrogen-bond acceptors (Lipinski definition) is 3. The quantitative estimate of drug-likeness (QED) is 0.877. The number of benzene rings is 1. The number of nitrogens with zero attached hydrogens (tertiary/aromatic N) is 1. The minimum absolute atomic E-state index is 0.199. The summed E-state index contributed by atoms with van der Waals surface area (Å²) in [5.74, 6) is -6.19. The second kappa shape index (κ2) is 5.36. The van der Waals surface area contributed by atoms with Gasteiger partial charge in [-0.1, -0.05) is 6.92 Å². The molecule has 2 aromatic rings. The first kappa shape index (κ1) is 14.1. The molecule has 20 heavy (non-hydrogen) atoms. The van der Waals surface area contributed by atoms with Gasteiger partial charge in [-0.05, 0) is 12.5 Å². The molecule has 0 saturated carbocycles. The lowest BCUT2D eigenvalue weighted by Gasteiger charge is -2.09. The van der Waals surface area contributed by atoms with Gasteiger partial charge in [0.05, 0.1) is 12.1 Å². The Balaban J connectivity index is 2.71. The highest BCUT2D eigenvalue weighted by Crippen LogP contribution is 2.27. The number of carboxylic acids is 1. The monoisotopic (exact) mass is 285 g/mol. The van der Waals surface area contributed by atoms with Gasteiger partial charge in [-0.15, -0.1) is 0 Å². The van der Waals surface area contributed by atoms with Crippen LogP contribution in [0.1, 0.15) is 23.7 Å². The molecule has 0 unspecified atom stereocenters. The Labute approximate surface area is 111 Å². The Kier molecular flexibility index (Phi) is 3.78. The third kappa shape index (κ3) is 2.38. The van der Waals surface area contributed by atoms with Crippen molar-refractivity contribution in [1.82, 2.24) is 4.98 Å². The third-order valence-corrected chi connectivity index (χ3v) is 2.59. The maximum atomic E-state index is 13.6. The fourth-order valence-corrected chi connectivity index (χ4v) is 1.66. The van der Waals surface area contributed by atoms with Crippen LogP contribution in [-0.4, -0.2) is 22.7 Å². The number of halogens is 3. The molecule has 2 rings (SSSR count). The van der Waals surface area contributed by atoms with Crippen molar-refractivity contribution in [1.29, 1.82) is 0 Å². The zero-order valence-electron chi connectivity index (χ0n) is 10.4. The fourth-order valence-electron chi connectivity index (χ4n) is 1.66. The maximum Gasteiger partial charge on any atom is 0.341 e. The van der Waals surface area contributed by atoms with Gasteiger partial charge in [0.25, 0.3) is 0 Å². The van der Waals surface area contributed by atoms with Gasteiger partial charge in [-0.25, -0.2) is 22.9 Å². The summed E-state index contributed by atoms with van der Waals surface area (Å²) in [5, 5.41) is 8.62. The number of rotatable bonds is 4. The molecule has 0 aliphatic carbocycles. The first-order chi connectivity index (χ1) is 9.45. The first-order valence-electron chi connectivity index (χ1n) is 5.80. The van der Waals surface area contributed by atoms with Crippen LogP contribution in [0.5, 0.6) is 5.88 Å². The number of hydrogen-bond donors (Lipinski definition) is 1. The van der Waals surface area contributed by atoms with Gasteiger partial charge in [0.1, 0.15) is 5.56 Å². The number of ether oxygens (including phenoxy) is 1. The second-order valence-electron chi connectivity index (χ2n) is 4.05. The average Bonchev–Trinajstić information content (AvgIpc) is 2.41. The zero-order valence-corrected chi connectivity index (χ0v) is 10.4. The van der Waals surface area contributed by atoms with E-state index in [2.05, 4.69) is 4.98 Å². The van der Waals surface area contributed by atoms with E-state index < -0.39 is 34.4 Å². The van der Waals surface area contributed by atoms with Crippen molar-refractivity contribution >= 4 is 16.9 Å². The number of carboxylic acid groups (broad SMARTS) is 1. The van der Waals surface area contributed by atoms with Gasteiger partial charge in [-0.2, -0.15) is 0 Å². The van der Waals surface area contributed by atoms with Gasteiger partial charge >= 0.3 is 5.97 Å². The van der Waals surface area contributed by atoms with Gasteiger partial charge in [-0.3, -0.25) is 0 Å². The summed E-state index contributed by atoms with van der Waals surface area (Å²) >= 11 is 0. The van der Waals surface area contributed by atoms with E-state index in [1.165, 1.54) is 0 Å². The van der Waals surface area contributed by atoms with Crippen LogP contribution in [0.25, 0.3) is 10.9 Å². The molecule has 1 aromatic heterocycles. The van der Waals surface area contributed by atoms with Crippen molar-refractivity contribution < 1.29 is 27.8 Å². The van der Waals surface area contributed by atoms with E-state index in [1.54, 1.807) is 6.92 Å². The first-order valence-corrected chi connectivity index (χ1v) is 5.80. The van der Waals surface area contributed by atoms with Gasteiger partial charge in [0.15, 0.2) is 17.5 Å². The van der Waals surface area contributed by atoms with Crippen molar-refractivity contribution in [3.8, 4) is 5.88 Å². The summed E-state index contributed by atoms with van der Waals surface area (Å²) in [6.45, 7) is 2.00. The predicted molar refractivity (Wildman–Crippen MR) is 64.4 cm³/mol. The zero-order chi connectivity index (χ0) is 14.9. The molecule has 0 aliphatic rings. The average molecular weight is 285 g/mol. The lowest BCUT2D eigenvalue weighted by atomic mass is 10.1. The maximum absolute atomic E-state index is 13.6. The molecule has 4 nitrogen and oxygen atoms in total. The highest BCUT2D eigenvalue weighted by atomic mass is 19.2. The molecule has 7 heteroatoms. The van der Waals surface area contributed by atoms with Crippen LogP contribution in [0.4, 0.5) is 13.2 Å². The third-order valence-electron chi connectivity index (χ3n) is 2.59. The molecular formula is C13H10F3NO3. The number of carbonyl (C=O) groups is 1. The molecule has 1 aromatic carbocycles. The van der Waals surface area contributed by atoms with Gasteiger partial charge < -0.3 is 9.84 Å². The molecule has 0 fully saturated rings. The lowest BCUT2D eigenvalue weighted by molar-refractivity contribution is 0.0691. The van der Waals surface area contributed by atoms with E-state index >= 15 is 0 Å². The summed E-state index contributed by atoms with van der Waals surface area (Å²) in [4.78, 5) is 14.8. The number of fused-ring (bicyclic) bond motifs is 1. The molecule has 1 N–H and O–H groups in total. The van der Waals surface area contributed by atoms with Crippen LogP contribution >= 0.6 is 0 Å². The van der Waals surface area contributed by atoms with Crippen LogP contribution in [0.15, 0.2) is 12.1 Å². The minimum Gasteiger partial charge on any atom is -0.477 e. The van der Waals surface area contributed by atoms with E-state index in [0.717, 1.165) is 6.07 Å². The summed E-state index contributed by atoms with van der Waals surface area (Å²) < 4.78 is 45.0. The van der Waals surface area contributed by atoms with E-state index in [9.17, 15) is 18.0 Å². The molecular weight excluding hydrogens is 275 g/mol. The molecule has 0 radical (unpaired) electrons. The van der Waals surface area contributed by atoms with Crippen molar-refractivity contribution in [3.63, 3.8) is 0 Å². The van der Waals surface area contributed by atoms with Crippen LogP contribution in [-0.2, 0) is 0 Å². The van der Waals surface area contributed by atoms with Crippen LogP contribution in [0.3, 0.4) is 0 Å². The van der Waals surface area contributed by atoms with E-state index in [0.29, 0.717) is 12.5 Å². The molecule has 0 atom stereocenters. The highest BCUT2D eigenvalue weighted by Gasteiger charge is 2.20. The second-order valence-corrected chi connectivity index (χ2v) is 4.05. The van der Waals surface area contributed by atoms with Crippen molar-refractivity contribution in [2.24, 2.45) is 0 Å². The summed E-state index contributed by atoms with van der Waals surface area (Å²) in [5.41, 5.74) is -0.617. The Hall–Kier alpha value is -2.31. The number of aromatic carboxylic acids is 1. The smallest absolute Gasteiger partial charge is 0.341 e. The minimum atomic E-state index is -1.67. The predicted octanol–water partition coefficient (Wildman–Crippen LogP) is 3.14. The summed E-state index contributed by atoms with van der Waals surface area (Å²) in [7, 11) is 0. The van der Waals surface area contributed by atoms with Crippen molar-refractivity contribution in [2.45, 2.75) is 13.3 Å². The summed E-state index contributed by atoms with van der Waals surface area (Å²) in [6, 6.07) is 1.58. The Morgan fingerprint density at radius 2 is 2.00 bits per heavy atom. The Bertz CT molecular complexity index is 688. The normalized spacial score (nSPS) is 10.8. The van der Waals surface area contributed by atoms with Crippen LogP contribution in [0, 0.1) is 17.5 Å². The molecule has 1 heterocycles. The Morgan fingerprint density at radius 1 is 1.30 bits per heavy atom. The SMILES string of the molecule is CCCOc1nc2cc(F)c(F)c(F)c2cc1C(=O)O. The molecule has 0 saturated heterocycles. The molecule has 0 spiro atoms. The Morgan fingerprint density at radius 3 is 2.60 bits per heavy atom. The molecule has 106 valence electrons. The van der Waals surface area contributed by atoms with E-state index in [4.69, 9.17) is 9.84 Å². The van der Waals surface area contributed by atoms with Crippen LogP contribution < -0.4 is 4.74 Å². The number of aromatic nitrogens is 1. The van der Waals surface area contributed by atoms with E-state index in [-0.39, 0.29) is 18.0 Å². The van der Waals surface area contributed by atoms with Gasteiger partial charge in [0, 0.05) is 11.5 Å². The van der Waals surface area contributed by atoms with Gasteiger partial charge in [0.2, 0.25) is 5.88 Å². The van der Waals surface area contributed by atoms with Crippen molar-refractivity contribution in [2.75, 3.05) is 6.61 Å². The van der Waals surface area contributed by atoms with E-state index in [1.807, 2.05) is 0 Å². The number of pyridine rings is 1. The van der Waals surface area contributed by atoms with Crippen molar-refractivity contribution in [3.05, 3.63) is 35.1 Å². The highest BCUT2D eigenvalue weighted by molar-refractivity contribution is 5.95. The molecule has 0 amide bonds. The molecule has 0 bridgehead atoms. The largest absolute Gasteiger partial charge is 0.477 e. The lowest BCUT2D eigenvalue weighted by Crippen LogP contribution is -2.07.